The SMILES string of the molecule is FCCCF.O=C(CC(=O)Sc1ccc(-c2ccc(F)c(F)c2)cc1)Sc1ccc(-c2ccc(F)c(F)c2)cc1. The van der Waals surface area contributed by atoms with E-state index in [0.29, 0.717) is 32.0 Å². The van der Waals surface area contributed by atoms with E-state index in [4.69, 9.17) is 0 Å². The Morgan fingerprint density at radius 3 is 1.15 bits per heavy atom. The molecule has 208 valence electrons. The largest absolute Gasteiger partial charge is 0.286 e. The van der Waals surface area contributed by atoms with Gasteiger partial charge in [-0.2, -0.15) is 0 Å². The fourth-order valence-corrected chi connectivity index (χ4v) is 4.85. The highest BCUT2D eigenvalue weighted by molar-refractivity contribution is 8.15. The van der Waals surface area contributed by atoms with Crippen LogP contribution in [-0.2, 0) is 9.59 Å². The third-order valence-corrected chi connectivity index (χ3v) is 6.99. The van der Waals surface area contributed by atoms with Gasteiger partial charge in [0.2, 0.25) is 10.2 Å². The number of hydrogen-bond donors (Lipinski definition) is 0. The molecule has 0 aliphatic rings. The normalized spacial score (nSPS) is 10.6. The van der Waals surface area contributed by atoms with Crippen LogP contribution in [0.4, 0.5) is 26.3 Å². The molecule has 0 bridgehead atoms. The van der Waals surface area contributed by atoms with Gasteiger partial charge in [0.05, 0.1) is 19.8 Å². The zero-order valence-electron chi connectivity index (χ0n) is 20.8. The lowest BCUT2D eigenvalue weighted by molar-refractivity contribution is -0.117. The van der Waals surface area contributed by atoms with E-state index >= 15 is 0 Å². The van der Waals surface area contributed by atoms with E-state index in [-0.39, 0.29) is 23.1 Å². The van der Waals surface area contributed by atoms with Crippen LogP contribution in [0.2, 0.25) is 0 Å². The van der Waals surface area contributed by atoms with Crippen LogP contribution in [-0.4, -0.2) is 23.6 Å². The minimum atomic E-state index is -0.939. The maximum atomic E-state index is 13.4. The quantitative estimate of drug-likeness (QED) is 0.116. The molecule has 40 heavy (non-hydrogen) atoms. The van der Waals surface area contributed by atoms with E-state index in [1.54, 1.807) is 48.5 Å². The predicted molar refractivity (Wildman–Crippen MR) is 146 cm³/mol. The Morgan fingerprint density at radius 1 is 0.500 bits per heavy atom. The van der Waals surface area contributed by atoms with E-state index in [1.165, 1.54) is 12.1 Å². The number of alkyl halides is 2. The van der Waals surface area contributed by atoms with Gasteiger partial charge in [-0.1, -0.05) is 59.9 Å². The van der Waals surface area contributed by atoms with Gasteiger partial charge in [0.15, 0.2) is 23.3 Å². The highest BCUT2D eigenvalue weighted by Gasteiger charge is 2.14. The first-order valence-corrected chi connectivity index (χ1v) is 13.5. The molecule has 0 aromatic heterocycles. The van der Waals surface area contributed by atoms with Crippen LogP contribution >= 0.6 is 23.5 Å². The van der Waals surface area contributed by atoms with Gasteiger partial charge >= 0.3 is 0 Å². The first-order chi connectivity index (χ1) is 19.2. The smallest absolute Gasteiger partial charge is 0.201 e. The number of halogens is 6. The molecule has 0 amide bonds. The summed E-state index contributed by atoms with van der Waals surface area (Å²) in [7, 11) is 0. The minimum Gasteiger partial charge on any atom is -0.286 e. The lowest BCUT2D eigenvalue weighted by Crippen LogP contribution is -2.00. The molecular weight excluding hydrogens is 570 g/mol. The van der Waals surface area contributed by atoms with Crippen LogP contribution < -0.4 is 0 Å². The number of thioether (sulfide) groups is 2. The van der Waals surface area contributed by atoms with Crippen molar-refractivity contribution in [2.24, 2.45) is 0 Å². The van der Waals surface area contributed by atoms with Crippen LogP contribution in [0.3, 0.4) is 0 Å². The monoisotopic (exact) mass is 592 g/mol. The second kappa shape index (κ2) is 15.3. The summed E-state index contributed by atoms with van der Waals surface area (Å²) in [5.74, 6) is -3.72. The maximum Gasteiger partial charge on any atom is 0.201 e. The standard InChI is InChI=1S/C27H16F4O2S2.C3H6F2/c28-22-11-5-18(13-24(22)30)16-1-7-20(8-2-16)34-26(32)15-27(33)35-21-9-3-17(4-10-21)19-6-12-23(29)25(31)14-19;4-2-1-3-5/h1-14H,15H2;1-3H2. The second-order valence-corrected chi connectivity index (χ2v) is 10.4. The van der Waals surface area contributed by atoms with Crippen molar-refractivity contribution in [1.29, 1.82) is 0 Å². The molecule has 0 heterocycles. The van der Waals surface area contributed by atoms with Gasteiger partial charge in [-0.25, -0.2) is 17.6 Å². The first-order valence-electron chi connectivity index (χ1n) is 11.8. The molecule has 4 aromatic rings. The van der Waals surface area contributed by atoms with Gasteiger partial charge in [-0.3, -0.25) is 18.4 Å². The summed E-state index contributed by atoms with van der Waals surface area (Å²) >= 11 is 1.84. The molecule has 4 aromatic carbocycles. The number of carbonyl (C=O) groups is 2. The Labute approximate surface area is 235 Å². The van der Waals surface area contributed by atoms with Gasteiger partial charge in [0.1, 0.15) is 0 Å². The molecular formula is C30H22F6O2S2. The van der Waals surface area contributed by atoms with E-state index in [0.717, 1.165) is 47.8 Å². The van der Waals surface area contributed by atoms with Crippen LogP contribution in [0.5, 0.6) is 0 Å². The number of rotatable bonds is 8. The molecule has 0 atom stereocenters. The Hall–Kier alpha value is -3.50. The molecule has 10 heteroatoms. The molecule has 0 fully saturated rings. The van der Waals surface area contributed by atoms with Gasteiger partial charge in [-0.15, -0.1) is 0 Å². The molecule has 4 rings (SSSR count). The van der Waals surface area contributed by atoms with Crippen molar-refractivity contribution >= 4 is 33.8 Å². The summed E-state index contributed by atoms with van der Waals surface area (Å²) in [5.41, 5.74) is 2.35. The van der Waals surface area contributed by atoms with Crippen LogP contribution in [0, 0.1) is 23.3 Å². The highest BCUT2D eigenvalue weighted by Crippen LogP contribution is 2.29. The van der Waals surface area contributed by atoms with Crippen molar-refractivity contribution in [2.45, 2.75) is 22.6 Å². The lowest BCUT2D eigenvalue weighted by Gasteiger charge is -2.06. The van der Waals surface area contributed by atoms with Gasteiger partial charge in [0, 0.05) is 16.2 Å². The lowest BCUT2D eigenvalue weighted by atomic mass is 10.1. The summed E-state index contributed by atoms with van der Waals surface area (Å²) < 4.78 is 74.6. The third-order valence-electron chi connectivity index (χ3n) is 5.23. The van der Waals surface area contributed by atoms with Gasteiger partial charge < -0.3 is 0 Å². The molecule has 0 saturated carbocycles. The highest BCUT2D eigenvalue weighted by atomic mass is 32.2. The third kappa shape index (κ3) is 9.31. The molecule has 2 nitrogen and oxygen atoms in total. The second-order valence-electron chi connectivity index (χ2n) is 8.16. The van der Waals surface area contributed by atoms with Crippen molar-refractivity contribution < 1.29 is 35.9 Å². The molecule has 0 aliphatic heterocycles. The van der Waals surface area contributed by atoms with Gasteiger partial charge in [0.25, 0.3) is 0 Å². The number of hydrogen-bond acceptors (Lipinski definition) is 4. The van der Waals surface area contributed by atoms with Crippen molar-refractivity contribution in [2.75, 3.05) is 13.3 Å². The maximum absolute atomic E-state index is 13.4. The fourth-order valence-electron chi connectivity index (χ4n) is 3.29. The van der Waals surface area contributed by atoms with Crippen LogP contribution in [0.25, 0.3) is 22.3 Å². The van der Waals surface area contributed by atoms with Gasteiger partial charge in [-0.05, 0) is 70.8 Å². The van der Waals surface area contributed by atoms with E-state index < -0.39 is 36.6 Å². The minimum absolute atomic E-state index is 0.0556. The molecule has 0 unspecified atom stereocenters. The summed E-state index contributed by atoms with van der Waals surface area (Å²) in [6.07, 6.45) is -0.231. The Morgan fingerprint density at radius 2 is 0.850 bits per heavy atom. The summed E-state index contributed by atoms with van der Waals surface area (Å²) in [5, 5.41) is -0.664. The van der Waals surface area contributed by atoms with Crippen LogP contribution in [0.1, 0.15) is 12.8 Å². The summed E-state index contributed by atoms with van der Waals surface area (Å²) in [6.45, 7) is -1.06. The zero-order valence-corrected chi connectivity index (χ0v) is 22.4. The Kier molecular flexibility index (Phi) is 11.9. The topological polar surface area (TPSA) is 34.1 Å². The number of carbonyl (C=O) groups excluding carboxylic acids is 2. The fraction of sp³-hybridized carbons (Fsp3) is 0.133. The zero-order chi connectivity index (χ0) is 29.1. The molecule has 0 saturated heterocycles. The average molecular weight is 593 g/mol. The molecule has 0 aliphatic carbocycles. The van der Waals surface area contributed by atoms with Crippen molar-refractivity contribution in [1.82, 2.24) is 0 Å². The number of benzene rings is 4. The first kappa shape index (κ1) is 31.0. The van der Waals surface area contributed by atoms with Crippen molar-refractivity contribution in [3.05, 3.63) is 108 Å². The Balaban J connectivity index is 0.000000810. The molecule has 0 N–H and O–H groups in total. The van der Waals surface area contributed by atoms with E-state index in [1.807, 2.05) is 0 Å². The molecule has 0 radical (unpaired) electrons. The summed E-state index contributed by atoms with van der Waals surface area (Å²) in [4.78, 5) is 25.9. The predicted octanol–water partition coefficient (Wildman–Crippen LogP) is 9.22. The van der Waals surface area contributed by atoms with E-state index in [9.17, 15) is 35.9 Å². The van der Waals surface area contributed by atoms with Crippen LogP contribution in [0.15, 0.2) is 94.7 Å². The Bertz CT molecular complexity index is 1340. The summed E-state index contributed by atoms with van der Waals surface area (Å²) in [6, 6.07) is 20.7. The van der Waals surface area contributed by atoms with E-state index in [2.05, 4.69) is 0 Å². The average Bonchev–Trinajstić information content (AvgIpc) is 2.93. The van der Waals surface area contributed by atoms with Crippen molar-refractivity contribution in [3.63, 3.8) is 0 Å². The van der Waals surface area contributed by atoms with Crippen molar-refractivity contribution in [3.8, 4) is 22.3 Å². The molecule has 0 spiro atoms.